The molecule has 0 spiro atoms. The highest BCUT2D eigenvalue weighted by molar-refractivity contribution is 7.79. The van der Waals surface area contributed by atoms with Crippen LogP contribution in [0.2, 0.25) is 0 Å². The monoisotopic (exact) mass is 246 g/mol. The van der Waals surface area contributed by atoms with Crippen molar-refractivity contribution in [2.45, 2.75) is 4.90 Å². The molecular formula is C12H10N2O2S. The Labute approximate surface area is 101 Å². The van der Waals surface area contributed by atoms with Gasteiger partial charge in [0.15, 0.2) is 11.1 Å². The molecule has 0 amide bonds. The Morgan fingerprint density at radius 3 is 1.88 bits per heavy atom. The third kappa shape index (κ3) is 3.30. The normalized spacial score (nSPS) is 12.8. The van der Waals surface area contributed by atoms with E-state index in [2.05, 4.69) is 10.2 Å². The minimum atomic E-state index is -1.95. The van der Waals surface area contributed by atoms with Gasteiger partial charge in [-0.1, -0.05) is 18.2 Å². The second-order valence-electron chi connectivity index (χ2n) is 3.28. The van der Waals surface area contributed by atoms with Crippen LogP contribution in [0, 0.1) is 0 Å². The number of rotatable bonds is 3. The summed E-state index contributed by atoms with van der Waals surface area (Å²) in [4.78, 5) is 0.351. The molecule has 2 rings (SSSR count). The Balaban J connectivity index is 2.14. The maximum Gasteiger partial charge on any atom is 0.186 e. The van der Waals surface area contributed by atoms with Crippen molar-refractivity contribution in [2.24, 2.45) is 10.2 Å². The van der Waals surface area contributed by atoms with Crippen molar-refractivity contribution in [2.75, 3.05) is 0 Å². The zero-order chi connectivity index (χ0) is 12.1. The average molecular weight is 246 g/mol. The molecule has 0 aliphatic carbocycles. The lowest BCUT2D eigenvalue weighted by molar-refractivity contribution is 0.564. The lowest BCUT2D eigenvalue weighted by atomic mass is 10.3. The zero-order valence-electron chi connectivity index (χ0n) is 8.85. The fraction of sp³-hybridized carbons (Fsp3) is 0. The van der Waals surface area contributed by atoms with Crippen LogP contribution in [0.5, 0.6) is 0 Å². The fourth-order valence-corrected chi connectivity index (χ4v) is 1.61. The number of hydrogen-bond donors (Lipinski definition) is 1. The van der Waals surface area contributed by atoms with Crippen molar-refractivity contribution in [3.05, 3.63) is 54.6 Å². The molecule has 0 aromatic heterocycles. The fourth-order valence-electron chi connectivity index (χ4n) is 1.24. The highest BCUT2D eigenvalue weighted by Gasteiger charge is 1.98. The Bertz CT molecular complexity index is 538. The molecule has 0 bridgehead atoms. The molecule has 0 aliphatic heterocycles. The Morgan fingerprint density at radius 1 is 0.824 bits per heavy atom. The van der Waals surface area contributed by atoms with Crippen LogP contribution >= 0.6 is 0 Å². The average Bonchev–Trinajstić information content (AvgIpc) is 2.38. The van der Waals surface area contributed by atoms with Gasteiger partial charge in [-0.3, -0.25) is 0 Å². The molecule has 17 heavy (non-hydrogen) atoms. The van der Waals surface area contributed by atoms with Crippen LogP contribution in [0.25, 0.3) is 0 Å². The maximum absolute atomic E-state index is 10.7. The molecule has 5 heteroatoms. The molecule has 1 atom stereocenters. The van der Waals surface area contributed by atoms with E-state index in [9.17, 15) is 4.21 Å². The molecule has 0 radical (unpaired) electrons. The molecular weight excluding hydrogens is 236 g/mol. The molecule has 0 fully saturated rings. The third-order valence-electron chi connectivity index (χ3n) is 2.08. The van der Waals surface area contributed by atoms with Gasteiger partial charge in [-0.2, -0.15) is 10.2 Å². The standard InChI is InChI=1S/C12H10N2O2S/c15-17(16)12-8-6-11(7-9-12)14-13-10-4-2-1-3-5-10/h1-9H,(H,15,16). The van der Waals surface area contributed by atoms with Gasteiger partial charge in [0, 0.05) is 0 Å². The smallest absolute Gasteiger partial charge is 0.186 e. The van der Waals surface area contributed by atoms with Gasteiger partial charge < -0.3 is 4.55 Å². The summed E-state index contributed by atoms with van der Waals surface area (Å²) in [5, 5.41) is 8.06. The minimum Gasteiger partial charge on any atom is -0.302 e. The molecule has 0 aliphatic rings. The molecule has 2 aromatic rings. The third-order valence-corrected chi connectivity index (χ3v) is 2.75. The van der Waals surface area contributed by atoms with Gasteiger partial charge in [-0.05, 0) is 36.4 Å². The Kier molecular flexibility index (Phi) is 3.74. The SMILES string of the molecule is O=S(O)c1ccc(N=Nc2ccccc2)cc1. The van der Waals surface area contributed by atoms with Crippen LogP contribution in [0.4, 0.5) is 11.4 Å². The van der Waals surface area contributed by atoms with Crippen LogP contribution in [0.15, 0.2) is 69.7 Å². The summed E-state index contributed by atoms with van der Waals surface area (Å²) in [5.41, 5.74) is 1.41. The van der Waals surface area contributed by atoms with Crippen molar-refractivity contribution >= 4 is 22.5 Å². The summed E-state index contributed by atoms with van der Waals surface area (Å²) in [6.45, 7) is 0. The summed E-state index contributed by atoms with van der Waals surface area (Å²) in [6, 6.07) is 15.8. The first kappa shape index (κ1) is 11.6. The van der Waals surface area contributed by atoms with Gasteiger partial charge in [-0.15, -0.1) is 0 Å². The van der Waals surface area contributed by atoms with Crippen LogP contribution in [-0.2, 0) is 11.1 Å². The molecule has 0 saturated carbocycles. The maximum atomic E-state index is 10.7. The molecule has 4 nitrogen and oxygen atoms in total. The number of benzene rings is 2. The van der Waals surface area contributed by atoms with Crippen molar-refractivity contribution < 1.29 is 8.76 Å². The van der Waals surface area contributed by atoms with E-state index in [0.717, 1.165) is 5.69 Å². The van der Waals surface area contributed by atoms with E-state index in [1.807, 2.05) is 30.3 Å². The summed E-state index contributed by atoms with van der Waals surface area (Å²) >= 11 is -1.95. The zero-order valence-corrected chi connectivity index (χ0v) is 9.67. The van der Waals surface area contributed by atoms with Gasteiger partial charge >= 0.3 is 0 Å². The second kappa shape index (κ2) is 5.47. The Hall–Kier alpha value is -1.85. The van der Waals surface area contributed by atoms with Gasteiger partial charge in [0.05, 0.1) is 16.3 Å². The van der Waals surface area contributed by atoms with Crippen LogP contribution in [0.1, 0.15) is 0 Å². The minimum absolute atomic E-state index is 0.351. The first-order valence-corrected chi connectivity index (χ1v) is 6.04. The van der Waals surface area contributed by atoms with Crippen molar-refractivity contribution in [3.63, 3.8) is 0 Å². The van der Waals surface area contributed by atoms with Gasteiger partial charge in [0.25, 0.3) is 0 Å². The first-order valence-electron chi connectivity index (χ1n) is 4.93. The number of nitrogens with zero attached hydrogens (tertiary/aromatic N) is 2. The van der Waals surface area contributed by atoms with Crippen molar-refractivity contribution in [1.29, 1.82) is 0 Å². The van der Waals surface area contributed by atoms with Crippen molar-refractivity contribution in [1.82, 2.24) is 0 Å². The largest absolute Gasteiger partial charge is 0.302 e. The van der Waals surface area contributed by atoms with Crippen LogP contribution in [-0.4, -0.2) is 8.76 Å². The van der Waals surface area contributed by atoms with E-state index >= 15 is 0 Å². The summed E-state index contributed by atoms with van der Waals surface area (Å²) < 4.78 is 19.6. The molecule has 2 aromatic carbocycles. The van der Waals surface area contributed by atoms with Crippen LogP contribution < -0.4 is 0 Å². The lowest BCUT2D eigenvalue weighted by Gasteiger charge is -1.95. The van der Waals surface area contributed by atoms with Gasteiger partial charge in [-0.25, -0.2) is 4.21 Å². The van der Waals surface area contributed by atoms with E-state index in [0.29, 0.717) is 10.6 Å². The highest BCUT2D eigenvalue weighted by atomic mass is 32.2. The summed E-state index contributed by atoms with van der Waals surface area (Å²) in [5.74, 6) is 0. The topological polar surface area (TPSA) is 62.0 Å². The molecule has 86 valence electrons. The van der Waals surface area contributed by atoms with E-state index in [4.69, 9.17) is 4.55 Å². The first-order chi connectivity index (χ1) is 8.25. The highest BCUT2D eigenvalue weighted by Crippen LogP contribution is 2.18. The van der Waals surface area contributed by atoms with Crippen molar-refractivity contribution in [3.8, 4) is 0 Å². The van der Waals surface area contributed by atoms with E-state index < -0.39 is 11.1 Å². The number of hydrogen-bond acceptors (Lipinski definition) is 3. The second-order valence-corrected chi connectivity index (χ2v) is 4.25. The van der Waals surface area contributed by atoms with E-state index in [1.54, 1.807) is 24.3 Å². The molecule has 0 saturated heterocycles. The quantitative estimate of drug-likeness (QED) is 0.663. The van der Waals surface area contributed by atoms with Gasteiger partial charge in [0.2, 0.25) is 0 Å². The number of azo groups is 1. The molecule has 1 unspecified atom stereocenters. The summed E-state index contributed by atoms with van der Waals surface area (Å²) in [7, 11) is 0. The van der Waals surface area contributed by atoms with E-state index in [1.165, 1.54) is 0 Å². The predicted octanol–water partition coefficient (Wildman–Crippen LogP) is 3.68. The molecule has 0 heterocycles. The van der Waals surface area contributed by atoms with E-state index in [-0.39, 0.29) is 0 Å². The molecule has 1 N–H and O–H groups in total. The van der Waals surface area contributed by atoms with Crippen LogP contribution in [0.3, 0.4) is 0 Å². The van der Waals surface area contributed by atoms with Gasteiger partial charge in [0.1, 0.15) is 0 Å². The Morgan fingerprint density at radius 2 is 1.35 bits per heavy atom. The predicted molar refractivity (Wildman–Crippen MR) is 66.1 cm³/mol. The lowest BCUT2D eigenvalue weighted by Crippen LogP contribution is -1.85. The summed E-state index contributed by atoms with van der Waals surface area (Å²) in [6.07, 6.45) is 0.